The fraction of sp³-hybridized carbons (Fsp3) is 0.800. The Morgan fingerprint density at radius 2 is 2.08 bits per heavy atom. The minimum absolute atomic E-state index is 0.0648. The predicted octanol–water partition coefficient (Wildman–Crippen LogP) is 1.84. The molecule has 0 aromatic heterocycles. The molecule has 0 heterocycles. The van der Waals surface area contributed by atoms with Crippen molar-refractivity contribution in [3.05, 3.63) is 0 Å². The van der Waals surface area contributed by atoms with Crippen LogP contribution < -0.4 is 4.72 Å². The molecule has 0 radical (unpaired) electrons. The van der Waals surface area contributed by atoms with Crippen LogP contribution in [0.25, 0.3) is 0 Å². The van der Waals surface area contributed by atoms with Gasteiger partial charge < -0.3 is 0 Å². The van der Waals surface area contributed by atoms with Crippen molar-refractivity contribution in [2.45, 2.75) is 51.3 Å². The van der Waals surface area contributed by atoms with E-state index in [9.17, 15) is 4.21 Å². The van der Waals surface area contributed by atoms with E-state index < -0.39 is 11.0 Å². The minimum atomic E-state index is -1.06. The van der Waals surface area contributed by atoms with Gasteiger partial charge in [0, 0.05) is 0 Å². The van der Waals surface area contributed by atoms with Crippen molar-refractivity contribution in [1.29, 1.82) is 0 Å². The molecule has 13 heavy (non-hydrogen) atoms. The van der Waals surface area contributed by atoms with Gasteiger partial charge in [-0.2, -0.15) is 0 Å². The van der Waals surface area contributed by atoms with Crippen LogP contribution in [0.5, 0.6) is 0 Å². The third kappa shape index (κ3) is 5.07. The molecule has 2 nitrogen and oxygen atoms in total. The first-order valence-electron chi connectivity index (χ1n) is 4.56. The van der Waals surface area contributed by atoms with E-state index >= 15 is 0 Å². The van der Waals surface area contributed by atoms with Crippen LogP contribution in [0.3, 0.4) is 0 Å². The van der Waals surface area contributed by atoms with Crippen LogP contribution in [0.15, 0.2) is 0 Å². The fourth-order valence-electron chi connectivity index (χ4n) is 0.771. The summed E-state index contributed by atoms with van der Waals surface area (Å²) in [5.41, 5.74) is 0. The topological polar surface area (TPSA) is 29.1 Å². The Kier molecular flexibility index (Phi) is 5.27. The van der Waals surface area contributed by atoms with Gasteiger partial charge in [0.1, 0.15) is 0 Å². The quantitative estimate of drug-likeness (QED) is 0.691. The van der Waals surface area contributed by atoms with Crippen LogP contribution in [0, 0.1) is 12.3 Å². The van der Waals surface area contributed by atoms with Gasteiger partial charge in [-0.1, -0.05) is 19.3 Å². The molecule has 0 fully saturated rings. The number of terminal acetylenes is 1. The largest absolute Gasteiger partial charge is 0.242 e. The highest BCUT2D eigenvalue weighted by Gasteiger charge is 2.21. The third-order valence-corrected chi connectivity index (χ3v) is 3.19. The maximum atomic E-state index is 11.6. The van der Waals surface area contributed by atoms with Gasteiger partial charge in [0.05, 0.1) is 21.8 Å². The smallest absolute Gasteiger partial charge is 0.0981 e. The van der Waals surface area contributed by atoms with E-state index in [1.54, 1.807) is 0 Å². The van der Waals surface area contributed by atoms with E-state index in [0.717, 1.165) is 12.8 Å². The van der Waals surface area contributed by atoms with E-state index in [1.165, 1.54) is 0 Å². The highest BCUT2D eigenvalue weighted by molar-refractivity contribution is 7.84. The van der Waals surface area contributed by atoms with Gasteiger partial charge in [-0.05, 0) is 27.2 Å². The average Bonchev–Trinajstić information content (AvgIpc) is 2.01. The molecule has 0 saturated carbocycles. The van der Waals surface area contributed by atoms with E-state index in [1.807, 2.05) is 20.8 Å². The molecular formula is C10H19NOS. The van der Waals surface area contributed by atoms with Crippen LogP contribution in [0.2, 0.25) is 0 Å². The van der Waals surface area contributed by atoms with Crippen molar-refractivity contribution in [2.75, 3.05) is 0 Å². The van der Waals surface area contributed by atoms with Crippen molar-refractivity contribution in [3.63, 3.8) is 0 Å². The second-order valence-corrected chi connectivity index (χ2v) is 6.00. The molecule has 3 heteroatoms. The third-order valence-electron chi connectivity index (χ3n) is 1.58. The van der Waals surface area contributed by atoms with Crippen molar-refractivity contribution in [1.82, 2.24) is 4.72 Å². The van der Waals surface area contributed by atoms with Gasteiger partial charge in [0.25, 0.3) is 0 Å². The molecule has 0 rings (SSSR count). The highest BCUT2D eigenvalue weighted by Crippen LogP contribution is 2.10. The molecule has 0 spiro atoms. The summed E-state index contributed by atoms with van der Waals surface area (Å²) >= 11 is 0. The van der Waals surface area contributed by atoms with Gasteiger partial charge in [0.2, 0.25) is 0 Å². The first-order valence-corrected chi connectivity index (χ1v) is 5.71. The lowest BCUT2D eigenvalue weighted by atomic mass is 10.2. The van der Waals surface area contributed by atoms with Crippen LogP contribution in [-0.4, -0.2) is 15.0 Å². The molecule has 76 valence electrons. The zero-order valence-corrected chi connectivity index (χ0v) is 9.70. The summed E-state index contributed by atoms with van der Waals surface area (Å²) in [6.45, 7) is 7.84. The molecule has 2 atom stereocenters. The number of hydrogen-bond acceptors (Lipinski definition) is 1. The lowest BCUT2D eigenvalue weighted by molar-refractivity contribution is 0.609. The van der Waals surface area contributed by atoms with Gasteiger partial charge in [-0.15, -0.1) is 6.42 Å². The minimum Gasteiger partial charge on any atom is -0.242 e. The average molecular weight is 201 g/mol. The molecule has 0 amide bonds. The summed E-state index contributed by atoms with van der Waals surface area (Å²) in [6.07, 6.45) is 7.18. The van der Waals surface area contributed by atoms with Crippen LogP contribution >= 0.6 is 0 Å². The normalized spacial score (nSPS) is 16.2. The van der Waals surface area contributed by atoms with Crippen LogP contribution in [0.1, 0.15) is 40.5 Å². The molecule has 1 N–H and O–H groups in total. The molecule has 0 aromatic rings. The summed E-state index contributed by atoms with van der Waals surface area (Å²) in [7, 11) is -1.06. The monoisotopic (exact) mass is 201 g/mol. The number of hydrogen-bond donors (Lipinski definition) is 1. The molecular weight excluding hydrogens is 182 g/mol. The van der Waals surface area contributed by atoms with Gasteiger partial charge in [-0.25, -0.2) is 8.93 Å². The van der Waals surface area contributed by atoms with Crippen molar-refractivity contribution >= 4 is 11.0 Å². The summed E-state index contributed by atoms with van der Waals surface area (Å²) in [6, 6.07) is -0.0648. The van der Waals surface area contributed by atoms with Gasteiger partial charge in [-0.3, -0.25) is 0 Å². The summed E-state index contributed by atoms with van der Waals surface area (Å²) < 4.78 is 14.3. The summed E-state index contributed by atoms with van der Waals surface area (Å²) in [5.74, 6) is 2.60. The zero-order chi connectivity index (χ0) is 10.5. The lowest BCUT2D eigenvalue weighted by Gasteiger charge is -2.21. The molecule has 0 unspecified atom stereocenters. The Morgan fingerprint density at radius 3 is 2.38 bits per heavy atom. The number of rotatable bonds is 4. The predicted molar refractivity (Wildman–Crippen MR) is 58.6 cm³/mol. The Morgan fingerprint density at radius 1 is 1.54 bits per heavy atom. The second kappa shape index (κ2) is 5.41. The molecule has 0 aromatic carbocycles. The van der Waals surface area contributed by atoms with E-state index in [-0.39, 0.29) is 10.8 Å². The molecule has 0 aliphatic heterocycles. The van der Waals surface area contributed by atoms with E-state index in [4.69, 9.17) is 6.42 Å². The maximum Gasteiger partial charge on any atom is 0.0981 e. The highest BCUT2D eigenvalue weighted by atomic mass is 32.2. The van der Waals surface area contributed by atoms with Crippen molar-refractivity contribution in [2.24, 2.45) is 0 Å². The zero-order valence-electron chi connectivity index (χ0n) is 8.89. The SMILES string of the molecule is C#C[C@H](CCC)N[S@@](=O)C(C)(C)C. The standard InChI is InChI=1S/C10H19NOS/c1-6-8-9(7-2)11-13(12)10(3,4)5/h2,9,11H,6,8H2,1,3-5H3/t9-,13+/m1/s1. The lowest BCUT2D eigenvalue weighted by Crippen LogP contribution is -2.39. The molecule has 0 aliphatic rings. The Bertz CT molecular complexity index is 212. The Balaban J connectivity index is 4.12. The van der Waals surface area contributed by atoms with Crippen LogP contribution in [-0.2, 0) is 11.0 Å². The molecule has 0 aliphatic carbocycles. The van der Waals surface area contributed by atoms with E-state index in [0.29, 0.717) is 0 Å². The van der Waals surface area contributed by atoms with E-state index in [2.05, 4.69) is 17.6 Å². The first-order chi connectivity index (χ1) is 5.91. The summed E-state index contributed by atoms with van der Waals surface area (Å²) in [4.78, 5) is 0. The Hall–Kier alpha value is -0.330. The van der Waals surface area contributed by atoms with Crippen molar-refractivity contribution < 1.29 is 4.21 Å². The van der Waals surface area contributed by atoms with Gasteiger partial charge in [0.15, 0.2) is 0 Å². The Labute approximate surface area is 84.1 Å². The van der Waals surface area contributed by atoms with Crippen LogP contribution in [0.4, 0.5) is 0 Å². The number of nitrogens with one attached hydrogen (secondary N) is 1. The van der Waals surface area contributed by atoms with Gasteiger partial charge >= 0.3 is 0 Å². The first kappa shape index (κ1) is 12.7. The van der Waals surface area contributed by atoms with Crippen molar-refractivity contribution in [3.8, 4) is 12.3 Å². The molecule has 0 bridgehead atoms. The maximum absolute atomic E-state index is 11.6. The second-order valence-electron chi connectivity index (χ2n) is 4.01. The molecule has 0 saturated heterocycles. The fourth-order valence-corrected chi connectivity index (χ4v) is 1.57. The summed E-state index contributed by atoms with van der Waals surface area (Å²) in [5, 5.41) is 0.